The molecule has 0 saturated carbocycles. The number of halogens is 1. The molecular weight excluding hydrogens is 398 g/mol. The Bertz CT molecular complexity index is 1110. The summed E-state index contributed by atoms with van der Waals surface area (Å²) in [6.45, 7) is 3.31. The third kappa shape index (κ3) is 3.73. The molecule has 1 atom stereocenters. The number of ether oxygens (including phenoxy) is 3. The van der Waals surface area contributed by atoms with Crippen LogP contribution in [-0.4, -0.2) is 25.3 Å². The number of fused-ring (bicyclic) bond motifs is 2. The predicted molar refractivity (Wildman–Crippen MR) is 105 cm³/mol. The number of benzene rings is 2. The molecule has 2 heterocycles. The lowest BCUT2D eigenvalue weighted by Gasteiger charge is -2.14. The van der Waals surface area contributed by atoms with Gasteiger partial charge in [0.1, 0.15) is 0 Å². The maximum Gasteiger partial charge on any atom is 0.375 e. The quantitative estimate of drug-likeness (QED) is 0.630. The summed E-state index contributed by atoms with van der Waals surface area (Å²) in [4.78, 5) is 24.6. The second-order valence-electron chi connectivity index (χ2n) is 6.65. The number of carbonyl (C=O) groups excluding carboxylic acids is 2. The lowest BCUT2D eigenvalue weighted by atomic mass is 10.1. The Morgan fingerprint density at radius 2 is 2.00 bits per heavy atom. The molecule has 0 radical (unpaired) electrons. The highest BCUT2D eigenvalue weighted by Crippen LogP contribution is 2.34. The number of furan rings is 1. The normalized spacial score (nSPS) is 13.3. The highest BCUT2D eigenvalue weighted by atomic mass is 35.5. The van der Waals surface area contributed by atoms with E-state index >= 15 is 0 Å². The predicted octanol–water partition coefficient (Wildman–Crippen LogP) is 4.16. The summed E-state index contributed by atoms with van der Waals surface area (Å²) in [6.07, 6.45) is 0. The lowest BCUT2D eigenvalue weighted by molar-refractivity contribution is -0.124. The van der Waals surface area contributed by atoms with E-state index in [4.69, 9.17) is 30.2 Å². The molecule has 7 nitrogen and oxygen atoms in total. The van der Waals surface area contributed by atoms with Crippen LogP contribution in [0.15, 0.2) is 40.8 Å². The molecule has 0 saturated heterocycles. The van der Waals surface area contributed by atoms with E-state index in [0.29, 0.717) is 27.7 Å². The average molecular weight is 416 g/mol. The number of hydrogen-bond donors (Lipinski definition) is 1. The van der Waals surface area contributed by atoms with Gasteiger partial charge in [0.05, 0.1) is 11.1 Å². The molecule has 0 aliphatic carbocycles. The third-order valence-corrected chi connectivity index (χ3v) is 5.01. The molecule has 1 aromatic heterocycles. The summed E-state index contributed by atoms with van der Waals surface area (Å²) < 4.78 is 21.3. The van der Waals surface area contributed by atoms with Gasteiger partial charge in [0.15, 0.2) is 23.7 Å². The Morgan fingerprint density at radius 1 is 1.21 bits per heavy atom. The second kappa shape index (κ2) is 7.67. The molecule has 4 rings (SSSR count). The summed E-state index contributed by atoms with van der Waals surface area (Å²) in [7, 11) is 0. The maximum absolute atomic E-state index is 12.4. The fourth-order valence-corrected chi connectivity index (χ4v) is 3.36. The van der Waals surface area contributed by atoms with Crippen LogP contribution in [0.3, 0.4) is 0 Å². The van der Waals surface area contributed by atoms with Crippen LogP contribution in [0.4, 0.5) is 0 Å². The summed E-state index contributed by atoms with van der Waals surface area (Å²) in [5.74, 6) is 0.178. The smallest absolute Gasteiger partial charge is 0.375 e. The van der Waals surface area contributed by atoms with Crippen molar-refractivity contribution in [1.82, 2.24) is 5.32 Å². The summed E-state index contributed by atoms with van der Waals surface area (Å²) in [5, 5.41) is 3.91. The average Bonchev–Trinajstić information content (AvgIpc) is 3.31. The number of hydrogen-bond acceptors (Lipinski definition) is 6. The monoisotopic (exact) mass is 415 g/mol. The fraction of sp³-hybridized carbons (Fsp3) is 0.238. The highest BCUT2D eigenvalue weighted by molar-refractivity contribution is 6.35. The molecule has 1 aliphatic heterocycles. The van der Waals surface area contributed by atoms with Gasteiger partial charge in [-0.05, 0) is 37.6 Å². The first-order valence-electron chi connectivity index (χ1n) is 8.97. The van der Waals surface area contributed by atoms with Crippen LogP contribution in [0.25, 0.3) is 11.0 Å². The van der Waals surface area contributed by atoms with E-state index in [9.17, 15) is 9.59 Å². The van der Waals surface area contributed by atoms with Gasteiger partial charge in [0.25, 0.3) is 5.91 Å². The number of rotatable bonds is 5. The molecule has 0 unspecified atom stereocenters. The number of para-hydroxylation sites is 1. The fourth-order valence-electron chi connectivity index (χ4n) is 3.15. The van der Waals surface area contributed by atoms with Gasteiger partial charge in [-0.15, -0.1) is 0 Å². The SMILES string of the molecule is Cc1c(C(=O)OCC(=O)N[C@H](C)c2ccc3c(c2)OCO3)oc2c(Cl)cccc12. The van der Waals surface area contributed by atoms with E-state index in [1.807, 2.05) is 13.0 Å². The van der Waals surface area contributed by atoms with E-state index in [0.717, 1.165) is 10.9 Å². The van der Waals surface area contributed by atoms with Crippen molar-refractivity contribution in [3.05, 3.63) is 58.3 Å². The Hall–Kier alpha value is -3.19. The minimum atomic E-state index is -0.722. The topological polar surface area (TPSA) is 87.0 Å². The van der Waals surface area contributed by atoms with Crippen LogP contribution in [0.5, 0.6) is 11.5 Å². The molecule has 0 fully saturated rings. The first-order chi connectivity index (χ1) is 13.9. The number of aryl methyl sites for hydroxylation is 1. The van der Waals surface area contributed by atoms with E-state index in [1.165, 1.54) is 0 Å². The molecule has 0 spiro atoms. The minimum absolute atomic E-state index is 0.0321. The minimum Gasteiger partial charge on any atom is -0.454 e. The van der Waals surface area contributed by atoms with Crippen molar-refractivity contribution in [2.45, 2.75) is 19.9 Å². The van der Waals surface area contributed by atoms with E-state index < -0.39 is 18.5 Å². The number of amides is 1. The van der Waals surface area contributed by atoms with Crippen molar-refractivity contribution in [2.24, 2.45) is 0 Å². The number of esters is 1. The number of nitrogens with one attached hydrogen (secondary N) is 1. The summed E-state index contributed by atoms with van der Waals surface area (Å²) in [5.41, 5.74) is 1.87. The standard InChI is InChI=1S/C21H18ClNO6/c1-11-14-4-3-5-15(22)20(14)29-19(11)21(25)26-9-18(24)23-12(2)13-6-7-16-17(8-13)28-10-27-16/h3-8,12H,9-10H2,1-2H3,(H,23,24)/t12-/m1/s1. The van der Waals surface area contributed by atoms with Gasteiger partial charge in [0.2, 0.25) is 12.6 Å². The molecule has 1 amide bonds. The van der Waals surface area contributed by atoms with Crippen molar-refractivity contribution in [1.29, 1.82) is 0 Å². The van der Waals surface area contributed by atoms with Crippen molar-refractivity contribution in [3.8, 4) is 11.5 Å². The molecule has 29 heavy (non-hydrogen) atoms. The Morgan fingerprint density at radius 3 is 2.79 bits per heavy atom. The molecule has 1 N–H and O–H groups in total. The van der Waals surface area contributed by atoms with Crippen molar-refractivity contribution in [2.75, 3.05) is 13.4 Å². The van der Waals surface area contributed by atoms with Gasteiger partial charge in [-0.1, -0.05) is 29.8 Å². The van der Waals surface area contributed by atoms with E-state index in [2.05, 4.69) is 5.32 Å². The maximum atomic E-state index is 12.4. The van der Waals surface area contributed by atoms with Gasteiger partial charge >= 0.3 is 5.97 Å². The Labute approximate surface area is 171 Å². The Balaban J connectivity index is 1.37. The van der Waals surface area contributed by atoms with Crippen LogP contribution in [-0.2, 0) is 9.53 Å². The molecule has 3 aromatic rings. The lowest BCUT2D eigenvalue weighted by Crippen LogP contribution is -2.31. The molecular formula is C21H18ClNO6. The largest absolute Gasteiger partial charge is 0.454 e. The van der Waals surface area contributed by atoms with Crippen molar-refractivity contribution >= 4 is 34.4 Å². The zero-order valence-electron chi connectivity index (χ0n) is 15.8. The van der Waals surface area contributed by atoms with Gasteiger partial charge < -0.3 is 23.9 Å². The van der Waals surface area contributed by atoms with Crippen LogP contribution in [0.1, 0.15) is 34.6 Å². The zero-order valence-corrected chi connectivity index (χ0v) is 16.5. The molecule has 1 aliphatic rings. The highest BCUT2D eigenvalue weighted by Gasteiger charge is 2.22. The van der Waals surface area contributed by atoms with Gasteiger partial charge in [-0.2, -0.15) is 0 Å². The molecule has 2 aromatic carbocycles. The third-order valence-electron chi connectivity index (χ3n) is 4.71. The molecule has 0 bridgehead atoms. The van der Waals surface area contributed by atoms with Gasteiger partial charge in [-0.25, -0.2) is 4.79 Å². The zero-order chi connectivity index (χ0) is 20.5. The first kappa shape index (κ1) is 19.1. The summed E-state index contributed by atoms with van der Waals surface area (Å²) >= 11 is 6.10. The van der Waals surface area contributed by atoms with Crippen molar-refractivity contribution < 1.29 is 28.2 Å². The van der Waals surface area contributed by atoms with Gasteiger partial charge in [-0.3, -0.25) is 4.79 Å². The van der Waals surface area contributed by atoms with Crippen molar-refractivity contribution in [3.63, 3.8) is 0 Å². The second-order valence-corrected chi connectivity index (χ2v) is 7.06. The Kier molecular flexibility index (Phi) is 5.07. The van der Waals surface area contributed by atoms with Crippen LogP contribution in [0.2, 0.25) is 5.02 Å². The molecule has 150 valence electrons. The van der Waals surface area contributed by atoms with E-state index in [1.54, 1.807) is 37.3 Å². The number of carbonyl (C=O) groups is 2. The van der Waals surface area contributed by atoms with Crippen LogP contribution < -0.4 is 14.8 Å². The van der Waals surface area contributed by atoms with Crippen LogP contribution >= 0.6 is 11.6 Å². The summed E-state index contributed by atoms with van der Waals surface area (Å²) in [6, 6.07) is 10.4. The van der Waals surface area contributed by atoms with Gasteiger partial charge in [0, 0.05) is 10.9 Å². The van der Waals surface area contributed by atoms with E-state index in [-0.39, 0.29) is 18.6 Å². The van der Waals surface area contributed by atoms with Crippen LogP contribution in [0, 0.1) is 6.92 Å². The first-order valence-corrected chi connectivity index (χ1v) is 9.35. The molecule has 8 heteroatoms.